The molecule has 17 heavy (non-hydrogen) atoms. The van der Waals surface area contributed by atoms with Gasteiger partial charge in [-0.05, 0) is 33.6 Å². The van der Waals surface area contributed by atoms with Gasteiger partial charge in [0.05, 0.1) is 5.84 Å². The molecule has 5 heteroatoms. The van der Waals surface area contributed by atoms with Crippen LogP contribution in [-0.4, -0.2) is 23.6 Å². The van der Waals surface area contributed by atoms with Crippen LogP contribution in [0.3, 0.4) is 0 Å². The third kappa shape index (κ3) is 4.63. The number of amidine groups is 1. The minimum Gasteiger partial charge on any atom is -0.444 e. The van der Waals surface area contributed by atoms with Gasteiger partial charge in [-0.25, -0.2) is 4.79 Å². The van der Waals surface area contributed by atoms with Gasteiger partial charge in [-0.15, -0.1) is 0 Å². The summed E-state index contributed by atoms with van der Waals surface area (Å²) in [5, 5.41) is 10.4. The van der Waals surface area contributed by atoms with Crippen LogP contribution < -0.4 is 11.1 Å². The van der Waals surface area contributed by atoms with Gasteiger partial charge in [-0.1, -0.05) is 12.8 Å². The van der Waals surface area contributed by atoms with Crippen molar-refractivity contribution in [3.63, 3.8) is 0 Å². The van der Waals surface area contributed by atoms with Crippen molar-refractivity contribution < 1.29 is 9.53 Å². The zero-order chi connectivity index (χ0) is 13.1. The van der Waals surface area contributed by atoms with E-state index < -0.39 is 11.7 Å². The Morgan fingerprint density at radius 1 is 1.35 bits per heavy atom. The average molecular weight is 241 g/mol. The topological polar surface area (TPSA) is 88.2 Å². The Morgan fingerprint density at radius 3 is 2.47 bits per heavy atom. The van der Waals surface area contributed by atoms with Gasteiger partial charge in [0.2, 0.25) is 0 Å². The lowest BCUT2D eigenvalue weighted by atomic mass is 9.84. The molecule has 0 bridgehead atoms. The van der Waals surface area contributed by atoms with Gasteiger partial charge in [0.15, 0.2) is 0 Å². The molecule has 0 aromatic heterocycles. The molecule has 0 aromatic carbocycles. The number of ether oxygens (including phenoxy) is 1. The van der Waals surface area contributed by atoms with Gasteiger partial charge < -0.3 is 15.8 Å². The van der Waals surface area contributed by atoms with E-state index >= 15 is 0 Å². The maximum absolute atomic E-state index is 11.7. The highest BCUT2D eigenvalue weighted by Crippen LogP contribution is 2.24. The van der Waals surface area contributed by atoms with E-state index in [1.54, 1.807) is 0 Å². The predicted molar refractivity (Wildman–Crippen MR) is 67.0 cm³/mol. The number of hydrogen-bond acceptors (Lipinski definition) is 3. The first-order valence-corrected chi connectivity index (χ1v) is 6.13. The van der Waals surface area contributed by atoms with Crippen LogP contribution in [0.1, 0.15) is 46.5 Å². The highest BCUT2D eigenvalue weighted by Gasteiger charge is 2.29. The Hall–Kier alpha value is -1.26. The van der Waals surface area contributed by atoms with Crippen molar-refractivity contribution in [3.05, 3.63) is 0 Å². The molecule has 1 rings (SSSR count). The summed E-state index contributed by atoms with van der Waals surface area (Å²) in [6, 6.07) is -0.0592. The third-order valence-corrected chi connectivity index (χ3v) is 2.87. The summed E-state index contributed by atoms with van der Waals surface area (Å²) >= 11 is 0. The first-order valence-electron chi connectivity index (χ1n) is 6.13. The van der Waals surface area contributed by atoms with Crippen molar-refractivity contribution in [2.24, 2.45) is 11.7 Å². The molecule has 1 fully saturated rings. The molecular formula is C12H23N3O2. The second-order valence-corrected chi connectivity index (χ2v) is 5.60. The van der Waals surface area contributed by atoms with Crippen molar-refractivity contribution in [2.45, 2.75) is 58.1 Å². The van der Waals surface area contributed by atoms with E-state index in [9.17, 15) is 4.79 Å². The summed E-state index contributed by atoms with van der Waals surface area (Å²) in [4.78, 5) is 11.7. The number of alkyl carbamates (subject to hydrolysis) is 1. The Bertz CT molecular complexity index is 297. The molecule has 0 spiro atoms. The summed E-state index contributed by atoms with van der Waals surface area (Å²) in [5.41, 5.74) is 5.06. The molecule has 5 nitrogen and oxygen atoms in total. The van der Waals surface area contributed by atoms with Gasteiger partial charge in [0.25, 0.3) is 0 Å². The molecule has 4 N–H and O–H groups in total. The quantitative estimate of drug-likeness (QED) is 0.510. The highest BCUT2D eigenvalue weighted by atomic mass is 16.6. The molecule has 0 saturated heterocycles. The molecule has 0 heterocycles. The molecule has 0 radical (unpaired) electrons. The van der Waals surface area contributed by atoms with Crippen molar-refractivity contribution in [2.75, 3.05) is 0 Å². The molecule has 2 unspecified atom stereocenters. The van der Waals surface area contributed by atoms with Crippen LogP contribution in [-0.2, 0) is 4.74 Å². The maximum atomic E-state index is 11.7. The number of nitrogens with one attached hydrogen (secondary N) is 2. The fraction of sp³-hybridized carbons (Fsp3) is 0.833. The first-order chi connectivity index (χ1) is 7.79. The smallest absolute Gasteiger partial charge is 0.407 e. The lowest BCUT2D eigenvalue weighted by molar-refractivity contribution is 0.0483. The van der Waals surface area contributed by atoms with Crippen molar-refractivity contribution >= 4 is 11.9 Å². The minimum atomic E-state index is -0.496. The third-order valence-electron chi connectivity index (χ3n) is 2.87. The zero-order valence-electron chi connectivity index (χ0n) is 10.9. The Kier molecular flexibility index (Phi) is 4.37. The fourth-order valence-corrected chi connectivity index (χ4v) is 2.13. The summed E-state index contributed by atoms with van der Waals surface area (Å²) in [6.45, 7) is 5.49. The summed E-state index contributed by atoms with van der Waals surface area (Å²) in [5.74, 6) is 0.113. The molecular weight excluding hydrogens is 218 g/mol. The molecule has 1 amide bonds. The standard InChI is InChI=1S/C12H23N3O2/c1-12(2,3)17-11(16)15-9-7-5-4-6-8(9)10(13)14/h8-9H,4-7H2,1-3H3,(H3,13,14)(H,15,16). The second-order valence-electron chi connectivity index (χ2n) is 5.60. The van der Waals surface area contributed by atoms with Crippen LogP contribution in [0.25, 0.3) is 0 Å². The summed E-state index contributed by atoms with van der Waals surface area (Å²) < 4.78 is 5.21. The van der Waals surface area contributed by atoms with Gasteiger partial charge in [0.1, 0.15) is 5.60 Å². The molecule has 1 aliphatic rings. The van der Waals surface area contributed by atoms with E-state index in [-0.39, 0.29) is 17.8 Å². The lowest BCUT2D eigenvalue weighted by Crippen LogP contribution is -2.48. The number of amides is 1. The summed E-state index contributed by atoms with van der Waals surface area (Å²) in [7, 11) is 0. The maximum Gasteiger partial charge on any atom is 0.407 e. The van der Waals surface area contributed by atoms with Gasteiger partial charge in [-0.2, -0.15) is 0 Å². The molecule has 2 atom stereocenters. The van der Waals surface area contributed by atoms with E-state index in [1.165, 1.54) is 0 Å². The molecule has 98 valence electrons. The van der Waals surface area contributed by atoms with E-state index in [2.05, 4.69) is 5.32 Å². The molecule has 0 aromatic rings. The summed E-state index contributed by atoms with van der Waals surface area (Å²) in [6.07, 6.45) is 3.44. The molecule has 0 aliphatic heterocycles. The lowest BCUT2D eigenvalue weighted by Gasteiger charge is -2.32. The van der Waals surface area contributed by atoms with Gasteiger partial charge in [-0.3, -0.25) is 5.41 Å². The van der Waals surface area contributed by atoms with E-state index in [1.807, 2.05) is 20.8 Å². The molecule has 1 aliphatic carbocycles. The number of carbonyl (C=O) groups is 1. The second kappa shape index (κ2) is 5.38. The Labute approximate surface area is 103 Å². The van der Waals surface area contributed by atoms with E-state index in [0.29, 0.717) is 0 Å². The van der Waals surface area contributed by atoms with Crippen LogP contribution >= 0.6 is 0 Å². The van der Waals surface area contributed by atoms with Gasteiger partial charge in [0, 0.05) is 12.0 Å². The number of carbonyl (C=O) groups excluding carboxylic acids is 1. The Morgan fingerprint density at radius 2 is 1.94 bits per heavy atom. The SMILES string of the molecule is CC(C)(C)OC(=O)NC1CCCCC1C(=N)N. The highest BCUT2D eigenvalue weighted by molar-refractivity contribution is 5.81. The zero-order valence-corrected chi connectivity index (χ0v) is 10.9. The normalized spacial score (nSPS) is 25.1. The van der Waals surface area contributed by atoms with Crippen LogP contribution in [0.4, 0.5) is 4.79 Å². The van der Waals surface area contributed by atoms with Crippen molar-refractivity contribution in [1.82, 2.24) is 5.32 Å². The van der Waals surface area contributed by atoms with Crippen molar-refractivity contribution in [1.29, 1.82) is 5.41 Å². The molecule has 1 saturated carbocycles. The Balaban J connectivity index is 2.53. The number of nitrogens with two attached hydrogens (primary N) is 1. The van der Waals surface area contributed by atoms with E-state index in [4.69, 9.17) is 15.9 Å². The monoisotopic (exact) mass is 241 g/mol. The number of hydrogen-bond donors (Lipinski definition) is 3. The largest absolute Gasteiger partial charge is 0.444 e. The van der Waals surface area contributed by atoms with Crippen LogP contribution in [0.5, 0.6) is 0 Å². The fourth-order valence-electron chi connectivity index (χ4n) is 2.13. The van der Waals surface area contributed by atoms with Gasteiger partial charge >= 0.3 is 6.09 Å². The van der Waals surface area contributed by atoms with Crippen LogP contribution in [0.15, 0.2) is 0 Å². The van der Waals surface area contributed by atoms with E-state index in [0.717, 1.165) is 25.7 Å². The average Bonchev–Trinajstić information content (AvgIpc) is 2.14. The van der Waals surface area contributed by atoms with Crippen LogP contribution in [0.2, 0.25) is 0 Å². The first kappa shape index (κ1) is 13.8. The number of rotatable bonds is 2. The minimum absolute atomic E-state index is 0.0451. The predicted octanol–water partition coefficient (Wildman–Crippen LogP) is 2.01. The van der Waals surface area contributed by atoms with Crippen molar-refractivity contribution in [3.8, 4) is 0 Å². The van der Waals surface area contributed by atoms with Crippen LogP contribution in [0, 0.1) is 11.3 Å².